The molecule has 6 nitrogen and oxygen atoms in total. The van der Waals surface area contributed by atoms with Gasteiger partial charge >= 0.3 is 0 Å². The first-order chi connectivity index (χ1) is 14.7. The highest BCUT2D eigenvalue weighted by Gasteiger charge is 2.15. The maximum absolute atomic E-state index is 12.6. The Kier molecular flexibility index (Phi) is 4.37. The number of amides is 1. The minimum atomic E-state index is -0.331. The third-order valence-corrected chi connectivity index (χ3v) is 5.05. The summed E-state index contributed by atoms with van der Waals surface area (Å²) < 4.78 is 5.06. The third-order valence-electron chi connectivity index (χ3n) is 5.05. The van der Waals surface area contributed by atoms with Gasteiger partial charge in [-0.1, -0.05) is 36.4 Å². The molecule has 3 aromatic carbocycles. The summed E-state index contributed by atoms with van der Waals surface area (Å²) in [5, 5.41) is 13.2. The van der Waals surface area contributed by atoms with Crippen LogP contribution in [-0.4, -0.2) is 28.4 Å². The number of nitrogens with zero attached hydrogens (tertiary/aromatic N) is 1. The Morgan fingerprint density at radius 3 is 2.63 bits per heavy atom. The van der Waals surface area contributed by atoms with Crippen LogP contribution >= 0.6 is 0 Å². The molecular weight excluding hydrogens is 378 g/mol. The summed E-state index contributed by atoms with van der Waals surface area (Å²) in [5.41, 5.74) is 3.03. The largest absolute Gasteiger partial charge is 0.461 e. The number of aromatic amines is 1. The smallest absolute Gasteiger partial charge is 0.251 e. The lowest BCUT2D eigenvalue weighted by Gasteiger charge is -2.05. The fourth-order valence-electron chi connectivity index (χ4n) is 3.50. The van der Waals surface area contributed by atoms with Gasteiger partial charge in [0.15, 0.2) is 5.76 Å². The predicted molar refractivity (Wildman–Crippen MR) is 114 cm³/mol. The van der Waals surface area contributed by atoms with Crippen molar-refractivity contribution < 1.29 is 14.0 Å². The summed E-state index contributed by atoms with van der Waals surface area (Å²) in [6, 6.07) is 22.8. The molecule has 0 fully saturated rings. The number of Topliss-reactive ketones (excluding diaryl/α,β-unsaturated/α-hetero) is 1. The molecule has 5 rings (SSSR count). The van der Waals surface area contributed by atoms with Crippen LogP contribution in [0.2, 0.25) is 0 Å². The van der Waals surface area contributed by atoms with Crippen LogP contribution < -0.4 is 5.32 Å². The Balaban J connectivity index is 1.43. The van der Waals surface area contributed by atoms with E-state index in [4.69, 9.17) is 4.42 Å². The summed E-state index contributed by atoms with van der Waals surface area (Å²) in [4.78, 5) is 24.6. The third kappa shape index (κ3) is 3.24. The van der Waals surface area contributed by atoms with Gasteiger partial charge in [0.2, 0.25) is 5.78 Å². The maximum Gasteiger partial charge on any atom is 0.251 e. The number of carbonyl (C=O) groups excluding carboxylic acids is 2. The predicted octanol–water partition coefficient (Wildman–Crippen LogP) is 4.59. The minimum absolute atomic E-state index is 0.132. The molecule has 0 unspecified atom stereocenters. The van der Waals surface area contributed by atoms with Crippen molar-refractivity contribution in [1.82, 2.24) is 15.5 Å². The van der Waals surface area contributed by atoms with Crippen LogP contribution in [0.15, 0.2) is 83.5 Å². The molecule has 0 aliphatic rings. The number of carbonyl (C=O) groups is 2. The Morgan fingerprint density at radius 2 is 1.80 bits per heavy atom. The zero-order chi connectivity index (χ0) is 20.5. The first-order valence-corrected chi connectivity index (χ1v) is 9.51. The zero-order valence-electron chi connectivity index (χ0n) is 15.9. The van der Waals surface area contributed by atoms with Gasteiger partial charge in [0.25, 0.3) is 5.91 Å². The van der Waals surface area contributed by atoms with Crippen LogP contribution in [0.4, 0.5) is 0 Å². The molecule has 2 N–H and O–H groups in total. The van der Waals surface area contributed by atoms with Gasteiger partial charge in [-0.05, 0) is 47.2 Å². The molecule has 5 aromatic rings. The fourth-order valence-corrected chi connectivity index (χ4v) is 3.50. The first-order valence-electron chi connectivity index (χ1n) is 9.51. The second kappa shape index (κ2) is 7.33. The van der Waals surface area contributed by atoms with Crippen molar-refractivity contribution in [1.29, 1.82) is 0 Å². The number of aromatic nitrogens is 2. The van der Waals surface area contributed by atoms with Gasteiger partial charge in [0, 0.05) is 16.5 Å². The van der Waals surface area contributed by atoms with Crippen molar-refractivity contribution in [2.45, 2.75) is 0 Å². The number of ketones is 1. The lowest BCUT2D eigenvalue weighted by Crippen LogP contribution is -2.29. The summed E-state index contributed by atoms with van der Waals surface area (Å²) in [6.07, 6.45) is 1.43. The highest BCUT2D eigenvalue weighted by molar-refractivity contribution is 6.04. The van der Waals surface area contributed by atoms with E-state index in [1.807, 2.05) is 24.3 Å². The molecule has 0 saturated heterocycles. The molecule has 0 atom stereocenters. The lowest BCUT2D eigenvalue weighted by molar-refractivity contribution is 0.0892. The summed E-state index contributed by atoms with van der Waals surface area (Å²) in [5.74, 6) is -0.392. The van der Waals surface area contributed by atoms with Crippen LogP contribution in [0.3, 0.4) is 0 Å². The number of fused-ring (bicyclic) bond motifs is 2. The van der Waals surface area contributed by atoms with E-state index in [2.05, 4.69) is 39.8 Å². The molecule has 2 heterocycles. The lowest BCUT2D eigenvalue weighted by atomic mass is 10.0. The molecule has 2 aromatic heterocycles. The van der Waals surface area contributed by atoms with E-state index < -0.39 is 0 Å². The Labute approximate surface area is 171 Å². The van der Waals surface area contributed by atoms with E-state index in [-0.39, 0.29) is 24.0 Å². The zero-order valence-corrected chi connectivity index (χ0v) is 15.9. The highest BCUT2D eigenvalue weighted by atomic mass is 16.3. The van der Waals surface area contributed by atoms with E-state index >= 15 is 0 Å². The van der Waals surface area contributed by atoms with Gasteiger partial charge in [0.05, 0.1) is 24.0 Å². The summed E-state index contributed by atoms with van der Waals surface area (Å²) in [7, 11) is 0. The summed E-state index contributed by atoms with van der Waals surface area (Å²) in [6.45, 7) is -0.132. The first kappa shape index (κ1) is 17.9. The van der Waals surface area contributed by atoms with Crippen LogP contribution in [0, 0.1) is 0 Å². The number of hydrogen-bond acceptors (Lipinski definition) is 4. The number of furan rings is 1. The average Bonchev–Trinajstić information content (AvgIpc) is 3.46. The van der Waals surface area contributed by atoms with Gasteiger partial charge in [-0.3, -0.25) is 14.7 Å². The molecule has 0 spiro atoms. The number of rotatable bonds is 5. The van der Waals surface area contributed by atoms with E-state index in [9.17, 15) is 9.59 Å². The number of H-pyrrole nitrogens is 1. The van der Waals surface area contributed by atoms with Gasteiger partial charge in [-0.25, -0.2) is 0 Å². The normalized spacial score (nSPS) is 11.1. The van der Waals surface area contributed by atoms with Crippen molar-refractivity contribution in [3.8, 4) is 11.3 Å². The fraction of sp³-hybridized carbons (Fsp3) is 0.0417. The maximum atomic E-state index is 12.6. The second-order valence-electron chi connectivity index (χ2n) is 6.98. The standard InChI is InChI=1S/C24H17N3O3/c28-21(22-6-3-11-30-22)14-25-24(29)18-9-10-20-19(13-18)23(27-26-20)17-8-7-15-4-1-2-5-16(15)12-17/h1-13H,14H2,(H,25,29)(H,26,27). The average molecular weight is 395 g/mol. The molecule has 1 amide bonds. The Morgan fingerprint density at radius 1 is 0.933 bits per heavy atom. The molecule has 0 bridgehead atoms. The Hall–Kier alpha value is -4.19. The SMILES string of the molecule is O=C(NCC(=O)c1ccco1)c1ccc2[nH]nc(-c3ccc4ccccc4c3)c2c1. The highest BCUT2D eigenvalue weighted by Crippen LogP contribution is 2.29. The van der Waals surface area contributed by atoms with E-state index in [1.54, 1.807) is 24.3 Å². The monoisotopic (exact) mass is 395 g/mol. The molecule has 0 saturated carbocycles. The van der Waals surface area contributed by atoms with Crippen molar-refractivity contribution in [2.24, 2.45) is 0 Å². The molecule has 0 aliphatic heterocycles. The molecule has 146 valence electrons. The number of nitrogens with one attached hydrogen (secondary N) is 2. The van der Waals surface area contributed by atoms with Crippen LogP contribution in [-0.2, 0) is 0 Å². The van der Waals surface area contributed by atoms with Crippen molar-refractivity contribution in [3.63, 3.8) is 0 Å². The molecule has 30 heavy (non-hydrogen) atoms. The van der Waals surface area contributed by atoms with Gasteiger partial charge < -0.3 is 9.73 Å². The van der Waals surface area contributed by atoms with Crippen LogP contribution in [0.5, 0.6) is 0 Å². The minimum Gasteiger partial charge on any atom is -0.461 e. The molecule has 0 radical (unpaired) electrons. The van der Waals surface area contributed by atoms with E-state index in [0.29, 0.717) is 5.56 Å². The van der Waals surface area contributed by atoms with Crippen molar-refractivity contribution in [3.05, 3.63) is 90.4 Å². The molecule has 6 heteroatoms. The van der Waals surface area contributed by atoms with Gasteiger partial charge in [-0.2, -0.15) is 5.10 Å². The van der Waals surface area contributed by atoms with Crippen molar-refractivity contribution in [2.75, 3.05) is 6.54 Å². The quantitative estimate of drug-likeness (QED) is 0.426. The Bertz CT molecular complexity index is 1380. The van der Waals surface area contributed by atoms with E-state index in [1.165, 1.54) is 6.26 Å². The number of hydrogen-bond donors (Lipinski definition) is 2. The van der Waals surface area contributed by atoms with Crippen molar-refractivity contribution >= 4 is 33.4 Å². The topological polar surface area (TPSA) is 88.0 Å². The molecule has 0 aliphatic carbocycles. The second-order valence-corrected chi connectivity index (χ2v) is 6.98. The van der Waals surface area contributed by atoms with Gasteiger partial charge in [0.1, 0.15) is 0 Å². The summed E-state index contributed by atoms with van der Waals surface area (Å²) >= 11 is 0. The number of benzene rings is 3. The molecular formula is C24H17N3O3. The van der Waals surface area contributed by atoms with Crippen LogP contribution in [0.25, 0.3) is 32.9 Å². The van der Waals surface area contributed by atoms with Crippen LogP contribution in [0.1, 0.15) is 20.9 Å². The van der Waals surface area contributed by atoms with E-state index in [0.717, 1.165) is 32.9 Å². The van der Waals surface area contributed by atoms with Gasteiger partial charge in [-0.15, -0.1) is 0 Å².